The van der Waals surface area contributed by atoms with Crippen LogP contribution in [-0.4, -0.2) is 13.3 Å². The molecule has 1 atom stereocenters. The van der Waals surface area contributed by atoms with E-state index >= 15 is 0 Å². The van der Waals surface area contributed by atoms with E-state index < -0.39 is 8.32 Å². The van der Waals surface area contributed by atoms with Gasteiger partial charge in [-0.25, -0.2) is 6.08 Å². The van der Waals surface area contributed by atoms with Gasteiger partial charge in [0.15, 0.2) is 8.32 Å². The topological polar surface area (TPSA) is 9.23 Å². The van der Waals surface area contributed by atoms with Crippen LogP contribution in [0.1, 0.15) is 19.8 Å². The molecule has 0 N–H and O–H groups in total. The summed E-state index contributed by atoms with van der Waals surface area (Å²) in [5.41, 5.74) is 1.31. The Morgan fingerprint density at radius 2 is 1.90 bits per heavy atom. The fourth-order valence-corrected chi connectivity index (χ4v) is 5.35. The quantitative estimate of drug-likeness (QED) is 0.337. The van der Waals surface area contributed by atoms with Crippen LogP contribution in [0.5, 0.6) is 0 Å². The average Bonchev–Trinajstić information content (AvgIpc) is 2.73. The van der Waals surface area contributed by atoms with Crippen LogP contribution in [-0.2, 0) is 26.1 Å². The number of thioether (sulfide) groups is 1. The second-order valence-corrected chi connectivity index (χ2v) is 11.4. The van der Waals surface area contributed by atoms with Gasteiger partial charge >= 0.3 is 21.7 Å². The first kappa shape index (κ1) is 24.0. The molecule has 0 aromatic carbocycles. The van der Waals surface area contributed by atoms with Crippen LogP contribution >= 0.6 is 11.8 Å². The molecule has 0 saturated carbocycles. The molecule has 6 heteroatoms. The Balaban J connectivity index is 0. The van der Waals surface area contributed by atoms with Gasteiger partial charge in [0.2, 0.25) is 0 Å². The third-order valence-electron chi connectivity index (χ3n) is 2.88. The van der Waals surface area contributed by atoms with Crippen molar-refractivity contribution in [1.82, 2.24) is 0 Å². The zero-order valence-electron chi connectivity index (χ0n) is 12.9. The number of allylic oxidation sites excluding steroid dienone is 5. The van der Waals surface area contributed by atoms with Gasteiger partial charge in [-0.1, -0.05) is 18.2 Å². The standard InChI is InChI=1S/C15H21OSSi.2ClH.Ti/c1-13-9-7-8-12-15(13,16-18(2,3)4)17-14-10-5-6-11-14;;;/h5,7-10H,6,12H2,1-4H3;2*1H;/q-1;;;+3/p-2. The molecule has 0 aromatic rings. The van der Waals surface area contributed by atoms with E-state index in [2.05, 4.69) is 63.0 Å². The molecule has 0 heterocycles. The summed E-state index contributed by atoms with van der Waals surface area (Å²) in [6, 6.07) is 0. The maximum Gasteiger partial charge on any atom is 3.00 e. The van der Waals surface area contributed by atoms with E-state index in [1.54, 1.807) is 0 Å². The van der Waals surface area contributed by atoms with Crippen molar-refractivity contribution in [3.8, 4) is 0 Å². The van der Waals surface area contributed by atoms with Crippen molar-refractivity contribution in [2.24, 2.45) is 0 Å². The van der Waals surface area contributed by atoms with Gasteiger partial charge in [-0.05, 0) is 32.1 Å². The maximum atomic E-state index is 6.53. The molecule has 0 spiro atoms. The summed E-state index contributed by atoms with van der Waals surface area (Å²) in [5, 5.41) is 0. The van der Waals surface area contributed by atoms with Crippen molar-refractivity contribution in [2.75, 3.05) is 0 Å². The van der Waals surface area contributed by atoms with Gasteiger partial charge in [0.25, 0.3) is 0 Å². The van der Waals surface area contributed by atoms with Crippen molar-refractivity contribution < 1.29 is 51.0 Å². The molecule has 0 saturated heterocycles. The molecule has 0 aromatic heterocycles. The van der Waals surface area contributed by atoms with E-state index in [4.69, 9.17) is 4.43 Å². The second-order valence-electron chi connectivity index (χ2n) is 5.70. The largest absolute Gasteiger partial charge is 3.00 e. The summed E-state index contributed by atoms with van der Waals surface area (Å²) in [7, 11) is -1.59. The van der Waals surface area contributed by atoms with Gasteiger partial charge in [0, 0.05) is 6.42 Å². The van der Waals surface area contributed by atoms with Crippen molar-refractivity contribution in [3.05, 3.63) is 46.9 Å². The van der Waals surface area contributed by atoms with Crippen LogP contribution in [0.4, 0.5) is 0 Å². The monoisotopic (exact) mass is 395 g/mol. The minimum absolute atomic E-state index is 0. The normalized spacial score (nSPS) is 23.4. The van der Waals surface area contributed by atoms with E-state index in [0.717, 1.165) is 12.8 Å². The Kier molecular flexibility index (Phi) is 11.2. The first-order valence-electron chi connectivity index (χ1n) is 6.42. The van der Waals surface area contributed by atoms with E-state index in [1.807, 2.05) is 11.8 Å². The van der Waals surface area contributed by atoms with Crippen molar-refractivity contribution in [2.45, 2.75) is 44.3 Å². The molecule has 1 radical (unpaired) electrons. The Bertz CT molecular complexity index is 455. The molecule has 2 aliphatic carbocycles. The number of hydrogen-bond acceptors (Lipinski definition) is 2. The minimum Gasteiger partial charge on any atom is -1.00 e. The van der Waals surface area contributed by atoms with E-state index in [0.29, 0.717) is 0 Å². The smallest absolute Gasteiger partial charge is 1.00 e. The zero-order chi connectivity index (χ0) is 13.2. The summed E-state index contributed by atoms with van der Waals surface area (Å²) >= 11 is 1.82. The Labute approximate surface area is 161 Å². The van der Waals surface area contributed by atoms with Crippen LogP contribution in [0.15, 0.2) is 40.9 Å². The van der Waals surface area contributed by atoms with Gasteiger partial charge in [0.05, 0.1) is 0 Å². The van der Waals surface area contributed by atoms with E-state index in [9.17, 15) is 0 Å². The average molecular weight is 396 g/mol. The summed E-state index contributed by atoms with van der Waals surface area (Å²) in [4.78, 5) is 1.01. The molecule has 1 unspecified atom stereocenters. The molecule has 0 fully saturated rings. The molecule has 2 rings (SSSR count). The van der Waals surface area contributed by atoms with Crippen LogP contribution in [0.25, 0.3) is 0 Å². The molecule has 0 bridgehead atoms. The number of rotatable bonds is 4. The summed E-state index contributed by atoms with van der Waals surface area (Å²) < 4.78 is 6.53. The van der Waals surface area contributed by atoms with Crippen LogP contribution in [0.2, 0.25) is 19.6 Å². The third-order valence-corrected chi connectivity index (χ3v) is 5.39. The molecule has 1 nitrogen and oxygen atoms in total. The van der Waals surface area contributed by atoms with Gasteiger partial charge < -0.3 is 29.2 Å². The molecule has 0 aliphatic heterocycles. The van der Waals surface area contributed by atoms with Gasteiger partial charge in [-0.15, -0.1) is 18.2 Å². The summed E-state index contributed by atoms with van der Waals surface area (Å²) in [5.74, 6) is 0. The second kappa shape index (κ2) is 9.82. The molecule has 21 heavy (non-hydrogen) atoms. The maximum absolute atomic E-state index is 6.53. The molecule has 0 amide bonds. The Hall–Kier alpha value is 0.781. The molecular formula is C15H21Cl2OSSiTi. The molecule has 115 valence electrons. The number of halogens is 2. The minimum atomic E-state index is -1.59. The van der Waals surface area contributed by atoms with Crippen LogP contribution in [0, 0.1) is 6.08 Å². The zero-order valence-corrected chi connectivity index (χ0v) is 17.8. The first-order valence-corrected chi connectivity index (χ1v) is 10.6. The number of hydrogen-bond donors (Lipinski definition) is 0. The molecular weight excluding hydrogens is 375 g/mol. The van der Waals surface area contributed by atoms with Crippen molar-refractivity contribution >= 4 is 20.1 Å². The summed E-state index contributed by atoms with van der Waals surface area (Å²) in [6.45, 7) is 8.94. The van der Waals surface area contributed by atoms with Crippen molar-refractivity contribution in [1.29, 1.82) is 0 Å². The first-order chi connectivity index (χ1) is 8.41. The summed E-state index contributed by atoms with van der Waals surface area (Å²) in [6.07, 6.45) is 16.1. The fraction of sp³-hybridized carbons (Fsp3) is 0.467. The van der Waals surface area contributed by atoms with Gasteiger partial charge in [0.1, 0.15) is 4.93 Å². The predicted molar refractivity (Wildman–Crippen MR) is 82.8 cm³/mol. The molecule has 2 aliphatic rings. The fourth-order valence-electron chi connectivity index (χ4n) is 2.12. The Morgan fingerprint density at radius 1 is 1.24 bits per heavy atom. The van der Waals surface area contributed by atoms with Gasteiger partial charge in [-0.2, -0.15) is 11.0 Å². The van der Waals surface area contributed by atoms with Crippen LogP contribution < -0.4 is 24.8 Å². The SMILES string of the molecule is CC1=CC=CCC1(O[Si](C)(C)C)SC1=[C-]CC=C1.[Cl-].[Cl-].[Ti+3]. The predicted octanol–water partition coefficient (Wildman–Crippen LogP) is -1.17. The van der Waals surface area contributed by atoms with Crippen molar-refractivity contribution in [3.63, 3.8) is 0 Å². The Morgan fingerprint density at radius 3 is 2.38 bits per heavy atom. The van der Waals surface area contributed by atoms with E-state index in [1.165, 1.54) is 10.5 Å². The van der Waals surface area contributed by atoms with E-state index in [-0.39, 0.29) is 51.5 Å². The van der Waals surface area contributed by atoms with Crippen LogP contribution in [0.3, 0.4) is 0 Å². The third kappa shape index (κ3) is 6.82. The van der Waals surface area contributed by atoms with Gasteiger partial charge in [-0.3, -0.25) is 6.08 Å².